The second-order valence-electron chi connectivity index (χ2n) is 5.09. The van der Waals surface area contributed by atoms with Gasteiger partial charge in [0.25, 0.3) is 0 Å². The van der Waals surface area contributed by atoms with E-state index in [4.69, 9.17) is 21.1 Å². The topological polar surface area (TPSA) is 34.6 Å². The number of piperidine rings is 1. The number of aromatic nitrogens is 1. The van der Waals surface area contributed by atoms with Gasteiger partial charge in [0.15, 0.2) is 11.5 Å². The number of rotatable bonds is 6. The molecule has 20 heavy (non-hydrogen) atoms. The first kappa shape index (κ1) is 15.4. The third-order valence-corrected chi connectivity index (χ3v) is 4.13. The Bertz CT molecular complexity index is 426. The van der Waals surface area contributed by atoms with Gasteiger partial charge in [-0.25, -0.2) is 0 Å². The van der Waals surface area contributed by atoms with Gasteiger partial charge in [-0.05, 0) is 25.8 Å². The number of ether oxygens (including phenoxy) is 2. The molecule has 0 spiro atoms. The Morgan fingerprint density at radius 1 is 1.35 bits per heavy atom. The van der Waals surface area contributed by atoms with Gasteiger partial charge in [0, 0.05) is 30.7 Å². The maximum absolute atomic E-state index is 5.92. The van der Waals surface area contributed by atoms with Crippen LogP contribution >= 0.6 is 11.6 Å². The van der Waals surface area contributed by atoms with E-state index in [-0.39, 0.29) is 0 Å². The number of methoxy groups -OCH3 is 2. The van der Waals surface area contributed by atoms with Crippen molar-refractivity contribution in [3.05, 3.63) is 18.0 Å². The highest BCUT2D eigenvalue weighted by Crippen LogP contribution is 2.31. The monoisotopic (exact) mass is 298 g/mol. The molecule has 1 aromatic rings. The lowest BCUT2D eigenvalue weighted by molar-refractivity contribution is 0.133. The molecule has 2 heterocycles. The van der Waals surface area contributed by atoms with Crippen molar-refractivity contribution in [1.29, 1.82) is 0 Å². The van der Waals surface area contributed by atoms with E-state index in [9.17, 15) is 0 Å². The minimum absolute atomic E-state index is 0.555. The average molecular weight is 299 g/mol. The molecular formula is C15H23ClN2O2. The van der Waals surface area contributed by atoms with Crippen LogP contribution in [0.25, 0.3) is 0 Å². The number of hydrogen-bond acceptors (Lipinski definition) is 4. The summed E-state index contributed by atoms with van der Waals surface area (Å²) in [4.78, 5) is 6.94. The summed E-state index contributed by atoms with van der Waals surface area (Å²) in [6, 6.07) is 2.38. The fourth-order valence-electron chi connectivity index (χ4n) is 2.88. The molecule has 5 heteroatoms. The molecule has 1 aromatic heterocycles. The molecule has 112 valence electrons. The largest absolute Gasteiger partial charge is 0.493 e. The molecule has 1 saturated heterocycles. The van der Waals surface area contributed by atoms with Gasteiger partial charge in [0.05, 0.1) is 14.2 Å². The first-order valence-electron chi connectivity index (χ1n) is 7.16. The van der Waals surface area contributed by atoms with Gasteiger partial charge >= 0.3 is 0 Å². The number of pyridine rings is 1. The van der Waals surface area contributed by atoms with Crippen LogP contribution in [0.5, 0.6) is 11.5 Å². The molecule has 1 atom stereocenters. The lowest BCUT2D eigenvalue weighted by atomic mass is 9.99. The van der Waals surface area contributed by atoms with Crippen molar-refractivity contribution in [2.75, 3.05) is 26.6 Å². The summed E-state index contributed by atoms with van der Waals surface area (Å²) in [5.74, 6) is 2.19. The van der Waals surface area contributed by atoms with Gasteiger partial charge < -0.3 is 9.47 Å². The Balaban J connectivity index is 2.15. The molecule has 0 N–H and O–H groups in total. The molecular weight excluding hydrogens is 276 g/mol. The summed E-state index contributed by atoms with van der Waals surface area (Å²) in [5, 5.41) is 0. The zero-order valence-corrected chi connectivity index (χ0v) is 13.0. The van der Waals surface area contributed by atoms with Crippen LogP contribution < -0.4 is 9.47 Å². The van der Waals surface area contributed by atoms with Crippen molar-refractivity contribution in [2.45, 2.75) is 38.3 Å². The van der Waals surface area contributed by atoms with Crippen molar-refractivity contribution < 1.29 is 9.47 Å². The second kappa shape index (κ2) is 7.70. The molecule has 0 aromatic carbocycles. The smallest absolute Gasteiger partial charge is 0.183 e. The van der Waals surface area contributed by atoms with E-state index in [1.807, 2.05) is 6.07 Å². The standard InChI is InChI=1S/C15H23ClN2O2/c1-19-14-7-9-17-13(15(14)20-2)11-18-10-4-3-5-12(18)6-8-16/h7,9,12H,3-6,8,10-11H2,1-2H3. The summed E-state index contributed by atoms with van der Waals surface area (Å²) in [7, 11) is 3.31. The minimum atomic E-state index is 0.555. The van der Waals surface area contributed by atoms with Crippen LogP contribution in [0.15, 0.2) is 12.3 Å². The van der Waals surface area contributed by atoms with Gasteiger partial charge in [-0.2, -0.15) is 0 Å². The van der Waals surface area contributed by atoms with Crippen LogP contribution in [0.4, 0.5) is 0 Å². The number of likely N-dealkylation sites (tertiary alicyclic amines) is 1. The summed E-state index contributed by atoms with van der Waals surface area (Å²) in [6.07, 6.45) is 6.57. The van der Waals surface area contributed by atoms with Crippen molar-refractivity contribution in [3.8, 4) is 11.5 Å². The van der Waals surface area contributed by atoms with Crippen molar-refractivity contribution in [2.24, 2.45) is 0 Å². The molecule has 0 amide bonds. The molecule has 0 saturated carbocycles. The van der Waals surface area contributed by atoms with Crippen LogP contribution in [0.1, 0.15) is 31.4 Å². The molecule has 2 rings (SSSR count). The third kappa shape index (κ3) is 3.55. The predicted octanol–water partition coefficient (Wildman–Crippen LogP) is 3.08. The van der Waals surface area contributed by atoms with E-state index >= 15 is 0 Å². The van der Waals surface area contributed by atoms with E-state index in [1.165, 1.54) is 19.3 Å². The zero-order chi connectivity index (χ0) is 14.4. The van der Waals surface area contributed by atoms with E-state index in [0.29, 0.717) is 11.9 Å². The van der Waals surface area contributed by atoms with E-state index in [1.54, 1.807) is 20.4 Å². The quantitative estimate of drug-likeness (QED) is 0.756. The van der Waals surface area contributed by atoms with Crippen LogP contribution in [0, 0.1) is 0 Å². The molecule has 0 aliphatic carbocycles. The maximum Gasteiger partial charge on any atom is 0.183 e. The SMILES string of the molecule is COc1ccnc(CN2CCCCC2CCCl)c1OC. The number of nitrogens with zero attached hydrogens (tertiary/aromatic N) is 2. The van der Waals surface area contributed by atoms with Gasteiger partial charge in [0.2, 0.25) is 0 Å². The summed E-state index contributed by atoms with van der Waals surface area (Å²) >= 11 is 5.92. The molecule has 1 aliphatic heterocycles. The van der Waals surface area contributed by atoms with E-state index in [2.05, 4.69) is 9.88 Å². The van der Waals surface area contributed by atoms with Gasteiger partial charge in [-0.1, -0.05) is 6.42 Å². The fourth-order valence-corrected chi connectivity index (χ4v) is 3.13. The van der Waals surface area contributed by atoms with Crippen LogP contribution in [0.2, 0.25) is 0 Å². The predicted molar refractivity (Wildman–Crippen MR) is 80.7 cm³/mol. The minimum Gasteiger partial charge on any atom is -0.493 e. The number of hydrogen-bond donors (Lipinski definition) is 0. The van der Waals surface area contributed by atoms with Crippen molar-refractivity contribution in [3.63, 3.8) is 0 Å². The Morgan fingerprint density at radius 2 is 2.20 bits per heavy atom. The molecule has 0 bridgehead atoms. The van der Waals surface area contributed by atoms with Crippen LogP contribution in [0.3, 0.4) is 0 Å². The number of alkyl halides is 1. The number of halogens is 1. The lowest BCUT2D eigenvalue weighted by Gasteiger charge is -2.35. The maximum atomic E-state index is 5.92. The van der Waals surface area contributed by atoms with E-state index in [0.717, 1.165) is 36.7 Å². The Hall–Kier alpha value is -1.00. The molecule has 4 nitrogen and oxygen atoms in total. The first-order chi connectivity index (χ1) is 9.80. The molecule has 1 unspecified atom stereocenters. The fraction of sp³-hybridized carbons (Fsp3) is 0.667. The molecule has 0 radical (unpaired) electrons. The van der Waals surface area contributed by atoms with Gasteiger partial charge in [0.1, 0.15) is 5.69 Å². The highest BCUT2D eigenvalue weighted by atomic mass is 35.5. The molecule has 1 fully saturated rings. The Labute approximate surface area is 126 Å². The zero-order valence-electron chi connectivity index (χ0n) is 12.3. The van der Waals surface area contributed by atoms with Gasteiger partial charge in [-0.3, -0.25) is 9.88 Å². The van der Waals surface area contributed by atoms with Gasteiger partial charge in [-0.15, -0.1) is 11.6 Å². The highest BCUT2D eigenvalue weighted by molar-refractivity contribution is 6.17. The Morgan fingerprint density at radius 3 is 2.90 bits per heavy atom. The third-order valence-electron chi connectivity index (χ3n) is 3.91. The van der Waals surface area contributed by atoms with Crippen molar-refractivity contribution >= 4 is 11.6 Å². The summed E-state index contributed by atoms with van der Waals surface area (Å²) < 4.78 is 10.8. The second-order valence-corrected chi connectivity index (χ2v) is 5.47. The molecule has 1 aliphatic rings. The van der Waals surface area contributed by atoms with Crippen LogP contribution in [-0.2, 0) is 6.54 Å². The average Bonchev–Trinajstić information content (AvgIpc) is 2.49. The van der Waals surface area contributed by atoms with Crippen LogP contribution in [-0.4, -0.2) is 42.6 Å². The highest BCUT2D eigenvalue weighted by Gasteiger charge is 2.24. The van der Waals surface area contributed by atoms with Crippen molar-refractivity contribution in [1.82, 2.24) is 9.88 Å². The lowest BCUT2D eigenvalue weighted by Crippen LogP contribution is -2.39. The first-order valence-corrected chi connectivity index (χ1v) is 7.69. The summed E-state index contributed by atoms with van der Waals surface area (Å²) in [6.45, 7) is 1.89. The summed E-state index contributed by atoms with van der Waals surface area (Å²) in [5.41, 5.74) is 0.938. The van der Waals surface area contributed by atoms with E-state index < -0.39 is 0 Å². The normalized spacial score (nSPS) is 19.9. The Kier molecular flexibility index (Phi) is 5.92.